The van der Waals surface area contributed by atoms with Gasteiger partial charge in [0.2, 0.25) is 0 Å². The summed E-state index contributed by atoms with van der Waals surface area (Å²) in [7, 11) is 0. The molecule has 78 valence electrons. The number of benzene rings is 1. The van der Waals surface area contributed by atoms with Gasteiger partial charge in [0, 0.05) is 18.9 Å². The highest BCUT2D eigenvalue weighted by Crippen LogP contribution is 2.17. The molecule has 1 heterocycles. The fourth-order valence-corrected chi connectivity index (χ4v) is 2.12. The standard InChI is InChI=1S/C14H17N/c1-11-8-12(2)14(13(3)9-11)10-15-6-4-5-7-15/h4-9H,10H2,1-3H3. The van der Waals surface area contributed by atoms with Crippen LogP contribution >= 0.6 is 0 Å². The SMILES string of the molecule is Cc1cc(C)c(Cn2cccc2)c(C)c1. The van der Waals surface area contributed by atoms with Gasteiger partial charge in [-0.3, -0.25) is 0 Å². The molecule has 2 rings (SSSR count). The van der Waals surface area contributed by atoms with E-state index in [0.717, 1.165) is 6.54 Å². The van der Waals surface area contributed by atoms with Crippen LogP contribution in [0.15, 0.2) is 36.7 Å². The normalized spacial score (nSPS) is 10.6. The molecule has 0 saturated heterocycles. The van der Waals surface area contributed by atoms with E-state index in [1.54, 1.807) is 0 Å². The molecular formula is C14H17N. The van der Waals surface area contributed by atoms with E-state index in [1.165, 1.54) is 22.3 Å². The number of aryl methyl sites for hydroxylation is 3. The molecule has 0 aliphatic heterocycles. The second kappa shape index (κ2) is 3.93. The van der Waals surface area contributed by atoms with Crippen molar-refractivity contribution in [2.45, 2.75) is 27.3 Å². The highest BCUT2D eigenvalue weighted by atomic mass is 14.9. The first-order valence-electron chi connectivity index (χ1n) is 5.34. The molecule has 2 aromatic rings. The topological polar surface area (TPSA) is 4.93 Å². The smallest absolute Gasteiger partial charge is 0.0475 e. The minimum Gasteiger partial charge on any atom is -0.350 e. The molecule has 0 atom stereocenters. The second-order valence-corrected chi connectivity index (χ2v) is 4.23. The maximum absolute atomic E-state index is 2.26. The third-order valence-corrected chi connectivity index (χ3v) is 2.85. The van der Waals surface area contributed by atoms with Crippen LogP contribution in [-0.4, -0.2) is 4.57 Å². The Morgan fingerprint density at radius 2 is 1.47 bits per heavy atom. The first kappa shape index (κ1) is 10.0. The second-order valence-electron chi connectivity index (χ2n) is 4.23. The lowest BCUT2D eigenvalue weighted by Gasteiger charge is -2.12. The predicted molar refractivity (Wildman–Crippen MR) is 64.2 cm³/mol. The quantitative estimate of drug-likeness (QED) is 0.698. The van der Waals surface area contributed by atoms with Gasteiger partial charge in [0.15, 0.2) is 0 Å². The van der Waals surface area contributed by atoms with Crippen LogP contribution in [-0.2, 0) is 6.54 Å². The largest absolute Gasteiger partial charge is 0.350 e. The van der Waals surface area contributed by atoms with Gasteiger partial charge in [-0.1, -0.05) is 17.7 Å². The fraction of sp³-hybridized carbons (Fsp3) is 0.286. The Labute approximate surface area is 91.4 Å². The third kappa shape index (κ3) is 2.12. The zero-order valence-corrected chi connectivity index (χ0v) is 9.62. The van der Waals surface area contributed by atoms with Crippen molar-refractivity contribution in [3.05, 3.63) is 58.9 Å². The van der Waals surface area contributed by atoms with Gasteiger partial charge >= 0.3 is 0 Å². The summed E-state index contributed by atoms with van der Waals surface area (Å²) >= 11 is 0. The van der Waals surface area contributed by atoms with Crippen LogP contribution in [0.5, 0.6) is 0 Å². The van der Waals surface area contributed by atoms with Crippen molar-refractivity contribution >= 4 is 0 Å². The Kier molecular flexibility index (Phi) is 2.63. The highest BCUT2D eigenvalue weighted by molar-refractivity contribution is 5.37. The lowest BCUT2D eigenvalue weighted by molar-refractivity contribution is 0.794. The van der Waals surface area contributed by atoms with E-state index in [-0.39, 0.29) is 0 Å². The Hall–Kier alpha value is -1.50. The Morgan fingerprint density at radius 3 is 2.00 bits per heavy atom. The van der Waals surface area contributed by atoms with E-state index in [4.69, 9.17) is 0 Å². The van der Waals surface area contributed by atoms with Crippen LogP contribution in [0.4, 0.5) is 0 Å². The molecule has 0 aliphatic carbocycles. The lowest BCUT2D eigenvalue weighted by atomic mass is 10.00. The predicted octanol–water partition coefficient (Wildman–Crippen LogP) is 3.46. The van der Waals surface area contributed by atoms with Gasteiger partial charge in [-0.2, -0.15) is 0 Å². The molecule has 0 amide bonds. The maximum atomic E-state index is 2.26. The summed E-state index contributed by atoms with van der Waals surface area (Å²) in [5.74, 6) is 0. The van der Waals surface area contributed by atoms with E-state index in [2.05, 4.69) is 62.0 Å². The number of hydrogen-bond acceptors (Lipinski definition) is 0. The van der Waals surface area contributed by atoms with Crippen molar-refractivity contribution in [1.29, 1.82) is 0 Å². The fourth-order valence-electron chi connectivity index (χ4n) is 2.12. The van der Waals surface area contributed by atoms with E-state index in [0.29, 0.717) is 0 Å². The van der Waals surface area contributed by atoms with Crippen LogP contribution in [0, 0.1) is 20.8 Å². The molecule has 1 heteroatoms. The zero-order chi connectivity index (χ0) is 10.8. The summed E-state index contributed by atoms with van der Waals surface area (Å²) in [6.45, 7) is 7.52. The van der Waals surface area contributed by atoms with Crippen molar-refractivity contribution in [2.75, 3.05) is 0 Å². The molecule has 1 nitrogen and oxygen atoms in total. The van der Waals surface area contributed by atoms with Crippen molar-refractivity contribution in [1.82, 2.24) is 4.57 Å². The molecule has 1 aromatic carbocycles. The Balaban J connectivity index is 2.36. The average Bonchev–Trinajstić information content (AvgIpc) is 2.63. The minimum atomic E-state index is 0.977. The third-order valence-electron chi connectivity index (χ3n) is 2.85. The average molecular weight is 199 g/mol. The van der Waals surface area contributed by atoms with E-state index < -0.39 is 0 Å². The molecule has 0 spiro atoms. The molecule has 0 fully saturated rings. The van der Waals surface area contributed by atoms with Crippen molar-refractivity contribution in [2.24, 2.45) is 0 Å². The van der Waals surface area contributed by atoms with Crippen LogP contribution in [0.25, 0.3) is 0 Å². The Morgan fingerprint density at radius 1 is 0.933 bits per heavy atom. The van der Waals surface area contributed by atoms with Crippen LogP contribution in [0.3, 0.4) is 0 Å². The van der Waals surface area contributed by atoms with Gasteiger partial charge in [0.25, 0.3) is 0 Å². The molecule has 0 N–H and O–H groups in total. The van der Waals surface area contributed by atoms with Gasteiger partial charge in [-0.25, -0.2) is 0 Å². The molecule has 15 heavy (non-hydrogen) atoms. The monoisotopic (exact) mass is 199 g/mol. The van der Waals surface area contributed by atoms with Crippen molar-refractivity contribution in [3.63, 3.8) is 0 Å². The van der Waals surface area contributed by atoms with Gasteiger partial charge in [-0.05, 0) is 49.6 Å². The molecule has 0 radical (unpaired) electrons. The molecule has 0 bridgehead atoms. The van der Waals surface area contributed by atoms with Gasteiger partial charge in [-0.15, -0.1) is 0 Å². The summed E-state index contributed by atoms with van der Waals surface area (Å²) in [5, 5.41) is 0. The van der Waals surface area contributed by atoms with E-state index in [9.17, 15) is 0 Å². The number of aromatic nitrogens is 1. The zero-order valence-electron chi connectivity index (χ0n) is 9.62. The van der Waals surface area contributed by atoms with Crippen molar-refractivity contribution < 1.29 is 0 Å². The first-order valence-corrected chi connectivity index (χ1v) is 5.34. The summed E-state index contributed by atoms with van der Waals surface area (Å²) in [4.78, 5) is 0. The molecule has 1 aromatic heterocycles. The molecule has 0 saturated carbocycles. The minimum absolute atomic E-state index is 0.977. The molecule has 0 unspecified atom stereocenters. The highest BCUT2D eigenvalue weighted by Gasteiger charge is 2.03. The van der Waals surface area contributed by atoms with Gasteiger partial charge in [0.05, 0.1) is 0 Å². The van der Waals surface area contributed by atoms with Crippen LogP contribution in [0.2, 0.25) is 0 Å². The number of rotatable bonds is 2. The van der Waals surface area contributed by atoms with Gasteiger partial charge < -0.3 is 4.57 Å². The maximum Gasteiger partial charge on any atom is 0.0475 e. The number of hydrogen-bond donors (Lipinski definition) is 0. The van der Waals surface area contributed by atoms with Crippen molar-refractivity contribution in [3.8, 4) is 0 Å². The summed E-state index contributed by atoms with van der Waals surface area (Å²) in [6.07, 6.45) is 4.22. The van der Waals surface area contributed by atoms with Crippen LogP contribution in [0.1, 0.15) is 22.3 Å². The van der Waals surface area contributed by atoms with Crippen LogP contribution < -0.4 is 0 Å². The molecular weight excluding hydrogens is 182 g/mol. The number of nitrogens with zero attached hydrogens (tertiary/aromatic N) is 1. The van der Waals surface area contributed by atoms with E-state index in [1.807, 2.05) is 0 Å². The molecule has 0 aliphatic rings. The van der Waals surface area contributed by atoms with E-state index >= 15 is 0 Å². The summed E-state index contributed by atoms with van der Waals surface area (Å²) in [5.41, 5.74) is 5.57. The summed E-state index contributed by atoms with van der Waals surface area (Å²) < 4.78 is 2.21. The summed E-state index contributed by atoms with van der Waals surface area (Å²) in [6, 6.07) is 8.65. The lowest BCUT2D eigenvalue weighted by Crippen LogP contribution is -2.01. The first-order chi connectivity index (χ1) is 7.16. The Bertz CT molecular complexity index is 429. The van der Waals surface area contributed by atoms with Gasteiger partial charge in [0.1, 0.15) is 0 Å².